The Morgan fingerprint density at radius 2 is 2.56 bits per heavy atom. The maximum absolute atomic E-state index is 5.08. The van der Waals surface area contributed by atoms with Gasteiger partial charge in [-0.1, -0.05) is 6.07 Å². The highest BCUT2D eigenvalue weighted by molar-refractivity contribution is 5.07. The number of hydrogen-bond donors (Lipinski definition) is 2. The van der Waals surface area contributed by atoms with Crippen LogP contribution in [0.25, 0.3) is 0 Å². The number of hydrogen-bond acceptors (Lipinski definition) is 3. The van der Waals surface area contributed by atoms with Crippen LogP contribution in [0.5, 0.6) is 0 Å². The number of nitrogens with one attached hydrogen (secondary N) is 1. The minimum Gasteiger partial charge on any atom is -0.271 e. The first-order chi connectivity index (χ1) is 4.43. The van der Waals surface area contributed by atoms with E-state index in [1.807, 2.05) is 12.1 Å². The molecule has 1 rings (SSSR count). The summed E-state index contributed by atoms with van der Waals surface area (Å²) >= 11 is 0. The summed E-state index contributed by atoms with van der Waals surface area (Å²) in [5.41, 5.74) is 3.64. The molecular weight excluding hydrogens is 114 g/mol. The first-order valence-corrected chi connectivity index (χ1v) is 2.76. The zero-order valence-electron chi connectivity index (χ0n) is 5.04. The molecule has 0 aliphatic heterocycles. The molecule has 3 nitrogen and oxygen atoms in total. The van der Waals surface area contributed by atoms with Crippen LogP contribution in [-0.2, 0) is 6.54 Å². The van der Waals surface area contributed by atoms with Crippen molar-refractivity contribution < 1.29 is 0 Å². The lowest BCUT2D eigenvalue weighted by molar-refractivity contribution is 0.738. The molecule has 0 aliphatic carbocycles. The Morgan fingerprint density at radius 3 is 3.11 bits per heavy atom. The summed E-state index contributed by atoms with van der Waals surface area (Å²) in [5, 5.41) is 0. The van der Waals surface area contributed by atoms with Gasteiger partial charge < -0.3 is 0 Å². The number of hydrazine groups is 1. The van der Waals surface area contributed by atoms with Gasteiger partial charge in [0.05, 0.1) is 0 Å². The molecule has 0 bridgehead atoms. The lowest BCUT2D eigenvalue weighted by atomic mass is 10.3. The van der Waals surface area contributed by atoms with Gasteiger partial charge in [0.2, 0.25) is 0 Å². The smallest absolute Gasteiger partial charge is 0.0363 e. The topological polar surface area (TPSA) is 50.9 Å². The summed E-state index contributed by atoms with van der Waals surface area (Å²) < 4.78 is 0. The molecule has 0 aliphatic rings. The van der Waals surface area contributed by atoms with Gasteiger partial charge in [0.1, 0.15) is 0 Å². The number of aromatic nitrogens is 1. The molecule has 0 saturated carbocycles. The van der Waals surface area contributed by atoms with Gasteiger partial charge in [-0.15, -0.1) is 0 Å². The molecule has 0 radical (unpaired) electrons. The Bertz CT molecular complexity index is 161. The van der Waals surface area contributed by atoms with Crippen LogP contribution in [0.3, 0.4) is 0 Å². The van der Waals surface area contributed by atoms with Gasteiger partial charge in [-0.3, -0.25) is 16.3 Å². The molecule has 0 fully saturated rings. The molecule has 9 heavy (non-hydrogen) atoms. The number of nitrogens with zero attached hydrogens (tertiary/aromatic N) is 1. The van der Waals surface area contributed by atoms with Crippen molar-refractivity contribution in [3.05, 3.63) is 30.1 Å². The molecule has 0 saturated heterocycles. The highest BCUT2D eigenvalue weighted by Crippen LogP contribution is 1.91. The monoisotopic (exact) mass is 123 g/mol. The molecule has 48 valence electrons. The van der Waals surface area contributed by atoms with E-state index < -0.39 is 0 Å². The van der Waals surface area contributed by atoms with Crippen molar-refractivity contribution in [2.75, 3.05) is 0 Å². The zero-order chi connectivity index (χ0) is 6.53. The Balaban J connectivity index is 2.61. The van der Waals surface area contributed by atoms with Crippen LogP contribution in [0.1, 0.15) is 5.56 Å². The average Bonchev–Trinajstić information content (AvgIpc) is 1.91. The first kappa shape index (κ1) is 6.19. The third kappa shape index (κ3) is 1.79. The van der Waals surface area contributed by atoms with Crippen molar-refractivity contribution in [1.82, 2.24) is 10.4 Å². The fourth-order valence-electron chi connectivity index (χ4n) is 0.621. The molecule has 0 amide bonds. The number of nitrogens with two attached hydrogens (primary N) is 1. The van der Waals surface area contributed by atoms with Gasteiger partial charge in [-0.2, -0.15) is 0 Å². The Morgan fingerprint density at radius 1 is 1.67 bits per heavy atom. The fourth-order valence-corrected chi connectivity index (χ4v) is 0.621. The van der Waals surface area contributed by atoms with Crippen LogP contribution in [0.2, 0.25) is 0 Å². The van der Waals surface area contributed by atoms with E-state index in [0.717, 1.165) is 5.56 Å². The Hall–Kier alpha value is -0.930. The lowest BCUT2D eigenvalue weighted by Crippen LogP contribution is -2.20. The minimum absolute atomic E-state index is 0.674. The standard InChI is InChI=1S/C6H9N3/c7-9-5-6-2-1-3-8-4-6/h1-4,9H,5,7H2. The summed E-state index contributed by atoms with van der Waals surface area (Å²) in [4.78, 5) is 3.91. The summed E-state index contributed by atoms with van der Waals surface area (Å²) in [6.07, 6.45) is 3.51. The van der Waals surface area contributed by atoms with Crippen molar-refractivity contribution in [3.8, 4) is 0 Å². The molecule has 0 spiro atoms. The summed E-state index contributed by atoms with van der Waals surface area (Å²) in [7, 11) is 0. The second kappa shape index (κ2) is 3.17. The van der Waals surface area contributed by atoms with Gasteiger partial charge in [-0.05, 0) is 11.6 Å². The fraction of sp³-hybridized carbons (Fsp3) is 0.167. The molecule has 1 aromatic heterocycles. The largest absolute Gasteiger partial charge is 0.271 e. The predicted molar refractivity (Wildman–Crippen MR) is 35.3 cm³/mol. The van der Waals surface area contributed by atoms with Gasteiger partial charge in [0, 0.05) is 18.9 Å². The molecule has 0 aromatic carbocycles. The SMILES string of the molecule is NNCc1cccnc1. The Labute approximate surface area is 53.9 Å². The maximum Gasteiger partial charge on any atom is 0.0363 e. The molecule has 0 atom stereocenters. The summed E-state index contributed by atoms with van der Waals surface area (Å²) in [6.45, 7) is 0.674. The second-order valence-electron chi connectivity index (χ2n) is 1.74. The van der Waals surface area contributed by atoms with Crippen molar-refractivity contribution in [1.29, 1.82) is 0 Å². The van der Waals surface area contributed by atoms with Crippen LogP contribution in [0, 0.1) is 0 Å². The highest BCUT2D eigenvalue weighted by atomic mass is 15.2. The molecule has 1 heterocycles. The third-order valence-corrected chi connectivity index (χ3v) is 1.03. The number of pyridine rings is 1. The second-order valence-corrected chi connectivity index (χ2v) is 1.74. The van der Waals surface area contributed by atoms with E-state index in [1.165, 1.54) is 0 Å². The van der Waals surface area contributed by atoms with Gasteiger partial charge in [0.25, 0.3) is 0 Å². The third-order valence-electron chi connectivity index (χ3n) is 1.03. The van der Waals surface area contributed by atoms with E-state index >= 15 is 0 Å². The van der Waals surface area contributed by atoms with Gasteiger partial charge >= 0.3 is 0 Å². The number of rotatable bonds is 2. The van der Waals surface area contributed by atoms with Crippen LogP contribution < -0.4 is 11.3 Å². The van der Waals surface area contributed by atoms with Crippen molar-refractivity contribution >= 4 is 0 Å². The normalized spacial score (nSPS) is 9.44. The average molecular weight is 123 g/mol. The lowest BCUT2D eigenvalue weighted by Gasteiger charge is -1.95. The van der Waals surface area contributed by atoms with E-state index in [-0.39, 0.29) is 0 Å². The van der Waals surface area contributed by atoms with Crippen LogP contribution >= 0.6 is 0 Å². The van der Waals surface area contributed by atoms with Crippen molar-refractivity contribution in [2.45, 2.75) is 6.54 Å². The molecule has 3 N–H and O–H groups in total. The molecule has 3 heteroatoms. The molecule has 1 aromatic rings. The molecular formula is C6H9N3. The zero-order valence-corrected chi connectivity index (χ0v) is 5.04. The van der Waals surface area contributed by atoms with E-state index in [2.05, 4.69) is 10.4 Å². The summed E-state index contributed by atoms with van der Waals surface area (Å²) in [6, 6.07) is 3.85. The predicted octanol–water partition coefficient (Wildman–Crippen LogP) is 0.0449. The van der Waals surface area contributed by atoms with E-state index in [4.69, 9.17) is 5.84 Å². The quantitative estimate of drug-likeness (QED) is 0.431. The molecule has 0 unspecified atom stereocenters. The highest BCUT2D eigenvalue weighted by Gasteiger charge is 1.84. The maximum atomic E-state index is 5.08. The van der Waals surface area contributed by atoms with E-state index in [1.54, 1.807) is 12.4 Å². The summed E-state index contributed by atoms with van der Waals surface area (Å²) in [5.74, 6) is 5.08. The van der Waals surface area contributed by atoms with Gasteiger partial charge in [-0.25, -0.2) is 0 Å². The van der Waals surface area contributed by atoms with Crippen molar-refractivity contribution in [3.63, 3.8) is 0 Å². The Kier molecular flexibility index (Phi) is 2.18. The van der Waals surface area contributed by atoms with Crippen LogP contribution in [0.4, 0.5) is 0 Å². The van der Waals surface area contributed by atoms with Crippen LogP contribution in [-0.4, -0.2) is 4.98 Å². The van der Waals surface area contributed by atoms with Crippen molar-refractivity contribution in [2.24, 2.45) is 5.84 Å². The minimum atomic E-state index is 0.674. The van der Waals surface area contributed by atoms with Gasteiger partial charge in [0.15, 0.2) is 0 Å². The van der Waals surface area contributed by atoms with Crippen LogP contribution in [0.15, 0.2) is 24.5 Å². The van der Waals surface area contributed by atoms with E-state index in [0.29, 0.717) is 6.54 Å². The first-order valence-electron chi connectivity index (χ1n) is 2.76. The van der Waals surface area contributed by atoms with E-state index in [9.17, 15) is 0 Å².